The Labute approximate surface area is 149 Å². The zero-order chi connectivity index (χ0) is 14.5. The molecular weight excluding hydrogens is 393 g/mol. The minimum absolute atomic E-state index is 0. The third kappa shape index (κ3) is 5.12. The molecule has 1 aliphatic heterocycles. The molecule has 0 bridgehead atoms. The Hall–Kier alpha value is -0.830. The minimum Gasteiger partial charge on any atom is -0.364 e. The lowest BCUT2D eigenvalue weighted by atomic mass is 10.3. The normalized spacial score (nSPS) is 19.9. The Morgan fingerprint density at radius 1 is 1.36 bits per heavy atom. The van der Waals surface area contributed by atoms with Gasteiger partial charge < -0.3 is 14.7 Å². The van der Waals surface area contributed by atoms with Gasteiger partial charge in [0.15, 0.2) is 5.96 Å². The molecule has 6 nitrogen and oxygen atoms in total. The lowest BCUT2D eigenvalue weighted by Gasteiger charge is -2.36. The zero-order valence-electron chi connectivity index (χ0n) is 13.2. The van der Waals surface area contributed by atoms with Crippen molar-refractivity contribution in [2.75, 3.05) is 39.3 Å². The molecule has 0 radical (unpaired) electrons. The second-order valence-electron chi connectivity index (χ2n) is 5.89. The summed E-state index contributed by atoms with van der Waals surface area (Å²) in [6, 6.07) is 1.94. The zero-order valence-corrected chi connectivity index (χ0v) is 15.5. The summed E-state index contributed by atoms with van der Waals surface area (Å²) in [7, 11) is 0. The van der Waals surface area contributed by atoms with E-state index in [0.29, 0.717) is 0 Å². The number of aliphatic imine (C=N–C) groups is 1. The van der Waals surface area contributed by atoms with Crippen molar-refractivity contribution < 1.29 is 4.52 Å². The predicted octanol–water partition coefficient (Wildman–Crippen LogP) is 1.79. The van der Waals surface area contributed by atoms with Gasteiger partial charge in [-0.25, -0.2) is 0 Å². The van der Waals surface area contributed by atoms with E-state index in [9.17, 15) is 0 Å². The van der Waals surface area contributed by atoms with Crippen LogP contribution in [0.5, 0.6) is 0 Å². The maximum atomic E-state index is 4.89. The van der Waals surface area contributed by atoms with Gasteiger partial charge in [-0.3, -0.25) is 9.89 Å². The molecule has 2 fully saturated rings. The molecule has 22 heavy (non-hydrogen) atoms. The van der Waals surface area contributed by atoms with Gasteiger partial charge in [0.2, 0.25) is 0 Å². The number of hydrogen-bond acceptors (Lipinski definition) is 4. The third-order valence-corrected chi connectivity index (χ3v) is 4.08. The lowest BCUT2D eigenvalue weighted by molar-refractivity contribution is 0.169. The van der Waals surface area contributed by atoms with Crippen molar-refractivity contribution in [3.05, 3.63) is 18.0 Å². The highest BCUT2D eigenvalue weighted by Crippen LogP contribution is 2.28. The minimum atomic E-state index is 0. The van der Waals surface area contributed by atoms with E-state index < -0.39 is 0 Å². The molecular formula is C15H26IN5O. The molecule has 0 unspecified atom stereocenters. The van der Waals surface area contributed by atoms with Crippen LogP contribution in [0.2, 0.25) is 0 Å². The summed E-state index contributed by atoms with van der Waals surface area (Å²) in [4.78, 5) is 9.58. The van der Waals surface area contributed by atoms with Crippen LogP contribution in [0.3, 0.4) is 0 Å². The van der Waals surface area contributed by atoms with Crippen LogP contribution in [0.1, 0.15) is 25.5 Å². The molecule has 124 valence electrons. The first-order valence-corrected chi connectivity index (χ1v) is 8.00. The van der Waals surface area contributed by atoms with Gasteiger partial charge in [-0.05, 0) is 25.7 Å². The molecule has 7 heteroatoms. The van der Waals surface area contributed by atoms with Gasteiger partial charge in [0.25, 0.3) is 0 Å². The summed E-state index contributed by atoms with van der Waals surface area (Å²) in [5.41, 5.74) is 1.01. The van der Waals surface area contributed by atoms with Gasteiger partial charge in [-0.2, -0.15) is 0 Å². The average molecular weight is 419 g/mol. The highest BCUT2D eigenvalue weighted by Gasteiger charge is 2.23. The van der Waals surface area contributed by atoms with E-state index in [1.165, 1.54) is 12.8 Å². The molecule has 1 aliphatic carbocycles. The van der Waals surface area contributed by atoms with Gasteiger partial charge in [0, 0.05) is 51.9 Å². The highest BCUT2D eigenvalue weighted by molar-refractivity contribution is 14.0. The van der Waals surface area contributed by atoms with E-state index >= 15 is 0 Å². The number of rotatable bonds is 5. The Morgan fingerprint density at radius 3 is 2.73 bits per heavy atom. The number of hydrogen-bond donors (Lipinski definition) is 1. The molecule has 0 atom stereocenters. The molecule has 1 N–H and O–H groups in total. The van der Waals surface area contributed by atoms with Gasteiger partial charge >= 0.3 is 0 Å². The van der Waals surface area contributed by atoms with Crippen molar-refractivity contribution in [3.8, 4) is 0 Å². The van der Waals surface area contributed by atoms with Crippen molar-refractivity contribution in [3.63, 3.8) is 0 Å². The Balaban J connectivity index is 0.00000176. The first-order chi connectivity index (χ1) is 10.3. The van der Waals surface area contributed by atoms with Crippen LogP contribution in [-0.4, -0.2) is 60.2 Å². The first kappa shape index (κ1) is 17.5. The molecule has 1 aromatic rings. The van der Waals surface area contributed by atoms with E-state index in [-0.39, 0.29) is 24.0 Å². The van der Waals surface area contributed by atoms with E-state index in [4.69, 9.17) is 9.52 Å². The summed E-state index contributed by atoms with van der Waals surface area (Å²) in [5, 5.41) is 7.41. The Morgan fingerprint density at radius 2 is 2.14 bits per heavy atom. The van der Waals surface area contributed by atoms with Crippen LogP contribution in [-0.2, 0) is 6.54 Å². The van der Waals surface area contributed by atoms with E-state index in [2.05, 4.69) is 27.2 Å². The quantitative estimate of drug-likeness (QED) is 0.448. The van der Waals surface area contributed by atoms with Crippen molar-refractivity contribution in [1.29, 1.82) is 0 Å². The monoisotopic (exact) mass is 419 g/mol. The van der Waals surface area contributed by atoms with Crippen LogP contribution in [0.4, 0.5) is 0 Å². The first-order valence-electron chi connectivity index (χ1n) is 8.00. The van der Waals surface area contributed by atoms with Crippen molar-refractivity contribution in [2.45, 2.75) is 26.3 Å². The molecule has 2 heterocycles. The fourth-order valence-corrected chi connectivity index (χ4v) is 2.61. The van der Waals surface area contributed by atoms with Gasteiger partial charge in [0.05, 0.1) is 5.69 Å². The molecule has 3 rings (SSSR count). The van der Waals surface area contributed by atoms with E-state index in [1.807, 2.05) is 6.07 Å². The molecule has 1 saturated carbocycles. The van der Waals surface area contributed by atoms with Crippen LogP contribution in [0.15, 0.2) is 21.8 Å². The van der Waals surface area contributed by atoms with Crippen LogP contribution in [0, 0.1) is 5.92 Å². The van der Waals surface area contributed by atoms with Crippen molar-refractivity contribution >= 4 is 29.9 Å². The molecule has 0 spiro atoms. The average Bonchev–Trinajstić information content (AvgIpc) is 3.20. The summed E-state index contributed by atoms with van der Waals surface area (Å²) >= 11 is 0. The van der Waals surface area contributed by atoms with E-state index in [1.54, 1.807) is 6.26 Å². The number of aromatic nitrogens is 1. The second kappa shape index (κ2) is 8.71. The van der Waals surface area contributed by atoms with Crippen LogP contribution >= 0.6 is 24.0 Å². The summed E-state index contributed by atoms with van der Waals surface area (Å²) < 4.78 is 4.89. The van der Waals surface area contributed by atoms with E-state index in [0.717, 1.165) is 63.4 Å². The lowest BCUT2D eigenvalue weighted by Crippen LogP contribution is -2.52. The number of piperazine rings is 1. The SMILES string of the molecule is CCNC(=NCC1CC1)N1CCN(Cc2ccon2)CC1.I. The Kier molecular flexibility index (Phi) is 6.94. The molecule has 1 saturated heterocycles. The number of guanidine groups is 1. The van der Waals surface area contributed by atoms with Gasteiger partial charge in [-0.15, -0.1) is 24.0 Å². The van der Waals surface area contributed by atoms with Crippen molar-refractivity contribution in [1.82, 2.24) is 20.3 Å². The number of nitrogens with zero attached hydrogens (tertiary/aromatic N) is 4. The predicted molar refractivity (Wildman–Crippen MR) is 97.5 cm³/mol. The number of halogens is 1. The highest BCUT2D eigenvalue weighted by atomic mass is 127. The fourth-order valence-electron chi connectivity index (χ4n) is 2.61. The molecule has 2 aliphatic rings. The molecule has 0 aromatic carbocycles. The van der Waals surface area contributed by atoms with Crippen LogP contribution in [0.25, 0.3) is 0 Å². The maximum Gasteiger partial charge on any atom is 0.194 e. The standard InChI is InChI=1S/C15H25N5O.HI/c1-2-16-15(17-11-13-3-4-13)20-8-6-19(7-9-20)12-14-5-10-21-18-14;/h5,10,13H,2-4,6-9,11-12H2,1H3,(H,16,17);1H. The summed E-state index contributed by atoms with van der Waals surface area (Å²) in [6.07, 6.45) is 4.35. The second-order valence-corrected chi connectivity index (χ2v) is 5.89. The fraction of sp³-hybridized carbons (Fsp3) is 0.733. The van der Waals surface area contributed by atoms with Gasteiger partial charge in [0.1, 0.15) is 6.26 Å². The topological polar surface area (TPSA) is 56.9 Å². The number of nitrogens with one attached hydrogen (secondary N) is 1. The third-order valence-electron chi connectivity index (χ3n) is 4.08. The van der Waals surface area contributed by atoms with Gasteiger partial charge in [-0.1, -0.05) is 5.16 Å². The maximum absolute atomic E-state index is 4.89. The summed E-state index contributed by atoms with van der Waals surface area (Å²) in [5.74, 6) is 1.93. The largest absolute Gasteiger partial charge is 0.364 e. The molecule has 1 aromatic heterocycles. The van der Waals surface area contributed by atoms with Crippen molar-refractivity contribution in [2.24, 2.45) is 10.9 Å². The van der Waals surface area contributed by atoms with Crippen LogP contribution < -0.4 is 5.32 Å². The Bertz CT molecular complexity index is 453. The summed E-state index contributed by atoms with van der Waals surface area (Å²) in [6.45, 7) is 9.06. The smallest absolute Gasteiger partial charge is 0.194 e. The molecule has 0 amide bonds.